The van der Waals surface area contributed by atoms with Gasteiger partial charge in [-0.1, -0.05) is 0 Å². The quantitative estimate of drug-likeness (QED) is 0.626. The predicted molar refractivity (Wildman–Crippen MR) is 110 cm³/mol. The van der Waals surface area contributed by atoms with E-state index in [1.165, 1.54) is 21.4 Å². The van der Waals surface area contributed by atoms with Gasteiger partial charge in [0.1, 0.15) is 12.1 Å². The van der Waals surface area contributed by atoms with Crippen LogP contribution < -0.4 is 0 Å². The molecule has 34 heavy (non-hydrogen) atoms. The zero-order valence-electron chi connectivity index (χ0n) is 18.4. The Morgan fingerprint density at radius 2 is 1.88 bits per heavy atom. The number of carbonyl (C=O) groups is 2. The van der Waals surface area contributed by atoms with Crippen molar-refractivity contribution in [3.8, 4) is 0 Å². The molecule has 2 heterocycles. The van der Waals surface area contributed by atoms with E-state index in [2.05, 4.69) is 4.98 Å². The summed E-state index contributed by atoms with van der Waals surface area (Å²) in [7, 11) is 1.48. The van der Waals surface area contributed by atoms with Gasteiger partial charge >= 0.3 is 6.18 Å². The summed E-state index contributed by atoms with van der Waals surface area (Å²) in [6, 6.07) is 1.60. The van der Waals surface area contributed by atoms with Gasteiger partial charge in [0.25, 0.3) is 11.8 Å². The number of hydrogen-bond acceptors (Lipinski definition) is 3. The molecule has 11 heteroatoms. The molecule has 2 amide bonds. The first-order valence-electron chi connectivity index (χ1n) is 11.5. The Hall–Kier alpha value is -2.72. The van der Waals surface area contributed by atoms with Crippen LogP contribution in [0, 0.1) is 11.8 Å². The lowest BCUT2D eigenvalue weighted by Gasteiger charge is -2.40. The summed E-state index contributed by atoms with van der Waals surface area (Å²) in [6.45, 7) is -0.410. The number of nitrogens with zero attached hydrogens (tertiary/aromatic N) is 4. The summed E-state index contributed by atoms with van der Waals surface area (Å²) in [5.74, 6) is -5.02. The normalized spacial score (nSPS) is 28.5. The van der Waals surface area contributed by atoms with E-state index in [9.17, 15) is 31.5 Å². The predicted octanol–water partition coefficient (Wildman–Crippen LogP) is 3.80. The van der Waals surface area contributed by atoms with Crippen molar-refractivity contribution in [1.29, 1.82) is 0 Å². The van der Waals surface area contributed by atoms with E-state index in [1.807, 2.05) is 0 Å². The van der Waals surface area contributed by atoms with Gasteiger partial charge in [-0.2, -0.15) is 13.2 Å². The monoisotopic (exact) mass is 482 g/mol. The number of benzene rings is 1. The molecule has 6 rings (SSSR count). The Morgan fingerprint density at radius 3 is 2.47 bits per heavy atom. The highest BCUT2D eigenvalue weighted by molar-refractivity contribution is 5.98. The highest BCUT2D eigenvalue weighted by Crippen LogP contribution is 2.61. The van der Waals surface area contributed by atoms with Crippen molar-refractivity contribution in [3.63, 3.8) is 0 Å². The van der Waals surface area contributed by atoms with Crippen LogP contribution in [0.15, 0.2) is 12.1 Å². The minimum absolute atomic E-state index is 0.0230. The lowest BCUT2D eigenvalue weighted by molar-refractivity contribution is -0.149. The van der Waals surface area contributed by atoms with Crippen LogP contribution in [0.1, 0.15) is 53.3 Å². The maximum absolute atomic E-state index is 14.5. The first kappa shape index (κ1) is 21.8. The lowest BCUT2D eigenvalue weighted by Crippen LogP contribution is -2.59. The van der Waals surface area contributed by atoms with E-state index in [1.54, 1.807) is 6.07 Å². The molecule has 4 fully saturated rings. The van der Waals surface area contributed by atoms with Crippen LogP contribution in [-0.2, 0) is 18.0 Å². The van der Waals surface area contributed by atoms with Crippen LogP contribution in [0.5, 0.6) is 0 Å². The molecule has 1 aromatic carbocycles. The number of rotatable bonds is 3. The fourth-order valence-corrected chi connectivity index (χ4v) is 5.71. The second-order valence-corrected chi connectivity index (χ2v) is 10.0. The summed E-state index contributed by atoms with van der Waals surface area (Å²) < 4.78 is 71.7. The molecule has 3 atom stereocenters. The Bertz CT molecular complexity index is 1220. The number of piperazine rings is 1. The van der Waals surface area contributed by atoms with Gasteiger partial charge in [0.05, 0.1) is 17.1 Å². The zero-order valence-corrected chi connectivity index (χ0v) is 18.4. The average Bonchev–Trinajstić information content (AvgIpc) is 3.68. The molecule has 3 saturated carbocycles. The molecule has 4 aliphatic rings. The van der Waals surface area contributed by atoms with Crippen LogP contribution in [0.25, 0.3) is 11.0 Å². The van der Waals surface area contributed by atoms with Gasteiger partial charge in [-0.25, -0.2) is 13.8 Å². The van der Waals surface area contributed by atoms with Gasteiger partial charge in [-0.15, -0.1) is 0 Å². The van der Waals surface area contributed by atoms with E-state index in [-0.39, 0.29) is 48.2 Å². The lowest BCUT2D eigenvalue weighted by atomic mass is 10.0. The molecule has 1 saturated heterocycles. The van der Waals surface area contributed by atoms with Crippen molar-refractivity contribution < 1.29 is 31.5 Å². The van der Waals surface area contributed by atoms with Crippen LogP contribution in [0.3, 0.4) is 0 Å². The van der Waals surface area contributed by atoms with Crippen LogP contribution in [0.4, 0.5) is 22.0 Å². The number of carbonyl (C=O) groups excluding carboxylic acids is 2. The summed E-state index contributed by atoms with van der Waals surface area (Å²) in [6.07, 6.45) is -2.23. The van der Waals surface area contributed by atoms with Gasteiger partial charge in [0.2, 0.25) is 5.91 Å². The Kier molecular flexibility index (Phi) is 4.43. The summed E-state index contributed by atoms with van der Waals surface area (Å²) in [5.41, 5.74) is -0.418. The second kappa shape index (κ2) is 6.91. The number of halogens is 5. The highest BCUT2D eigenvalue weighted by atomic mass is 19.4. The number of hydrogen-bond donors (Lipinski definition) is 0. The van der Waals surface area contributed by atoms with Crippen LogP contribution >= 0.6 is 0 Å². The molecule has 0 N–H and O–H groups in total. The number of aromatic nitrogens is 2. The molecular weight excluding hydrogens is 459 g/mol. The van der Waals surface area contributed by atoms with E-state index < -0.39 is 48.0 Å². The molecular formula is C23H23F5N4O2. The molecule has 0 radical (unpaired) electrons. The zero-order chi connectivity index (χ0) is 24.2. The van der Waals surface area contributed by atoms with Crippen LogP contribution in [0.2, 0.25) is 0 Å². The van der Waals surface area contributed by atoms with Crippen molar-refractivity contribution in [1.82, 2.24) is 19.4 Å². The number of aryl methyl sites for hydroxylation is 1. The third kappa shape index (κ3) is 3.22. The number of imidazole rings is 1. The molecule has 2 aromatic rings. The Morgan fingerprint density at radius 1 is 1.15 bits per heavy atom. The fourth-order valence-electron chi connectivity index (χ4n) is 5.71. The number of alkyl halides is 5. The van der Waals surface area contributed by atoms with E-state index in [0.29, 0.717) is 12.0 Å². The van der Waals surface area contributed by atoms with Gasteiger partial charge in [0, 0.05) is 26.1 Å². The van der Waals surface area contributed by atoms with Gasteiger partial charge in [-0.3, -0.25) is 9.59 Å². The third-order valence-electron chi connectivity index (χ3n) is 7.86. The maximum atomic E-state index is 14.5. The molecule has 1 aliphatic heterocycles. The first-order valence-corrected chi connectivity index (χ1v) is 11.5. The second-order valence-electron chi connectivity index (χ2n) is 10.0. The minimum Gasteiger partial charge on any atom is -0.330 e. The summed E-state index contributed by atoms with van der Waals surface area (Å²) >= 11 is 0. The van der Waals surface area contributed by atoms with E-state index in [0.717, 1.165) is 18.9 Å². The Labute approximate surface area is 191 Å². The molecule has 182 valence electrons. The summed E-state index contributed by atoms with van der Waals surface area (Å²) in [5, 5.41) is 0. The van der Waals surface area contributed by atoms with Crippen molar-refractivity contribution in [3.05, 3.63) is 29.1 Å². The molecule has 1 aromatic heterocycles. The molecule has 0 spiro atoms. The smallest absolute Gasteiger partial charge is 0.330 e. The number of fused-ring (bicyclic) bond motifs is 2. The first-order chi connectivity index (χ1) is 16.0. The van der Waals surface area contributed by atoms with E-state index >= 15 is 0 Å². The standard InChI is InChI=1S/C23H23F5N4O2/c1-30-16-8-12(11-2-3-11)6-15(23(26,27)28)19(16)29-20(30)21(34)31-4-5-32(18(33)10-31)17-9-13-7-14(13)22(17,24)25/h6,8,11,13-14,17H,2-5,7,9-10H2,1H3/t13-,14-,17+/m1/s1. The SMILES string of the molecule is Cn1c(C(=O)N2CCN([C@H]3C[C@H]4C[C@H]4C3(F)F)C(=O)C2)nc2c(C(F)(F)F)cc(C3CC3)cc21. The largest absolute Gasteiger partial charge is 0.418 e. The van der Waals surface area contributed by atoms with Gasteiger partial charge in [0.15, 0.2) is 5.82 Å². The van der Waals surface area contributed by atoms with Crippen molar-refractivity contribution >= 4 is 22.8 Å². The Balaban J connectivity index is 1.27. The van der Waals surface area contributed by atoms with Crippen LogP contribution in [-0.4, -0.2) is 62.8 Å². The van der Waals surface area contributed by atoms with Gasteiger partial charge < -0.3 is 14.4 Å². The van der Waals surface area contributed by atoms with Crippen molar-refractivity contribution in [2.75, 3.05) is 19.6 Å². The fraction of sp³-hybridized carbons (Fsp3) is 0.609. The third-order valence-corrected chi connectivity index (χ3v) is 7.86. The van der Waals surface area contributed by atoms with Crippen molar-refractivity contribution in [2.24, 2.45) is 18.9 Å². The average molecular weight is 482 g/mol. The highest BCUT2D eigenvalue weighted by Gasteiger charge is 2.67. The summed E-state index contributed by atoms with van der Waals surface area (Å²) in [4.78, 5) is 32.3. The molecule has 6 nitrogen and oxygen atoms in total. The maximum Gasteiger partial charge on any atom is 0.418 e. The minimum atomic E-state index is -4.63. The molecule has 3 aliphatic carbocycles. The van der Waals surface area contributed by atoms with Crippen molar-refractivity contribution in [2.45, 2.75) is 49.7 Å². The molecule has 0 bridgehead atoms. The number of amides is 2. The van der Waals surface area contributed by atoms with Gasteiger partial charge in [-0.05, 0) is 55.2 Å². The van der Waals surface area contributed by atoms with E-state index in [4.69, 9.17) is 0 Å². The topological polar surface area (TPSA) is 58.4 Å². The molecule has 0 unspecified atom stereocenters.